The maximum absolute atomic E-state index is 12.5. The maximum atomic E-state index is 12.5. The molecule has 0 radical (unpaired) electrons. The van der Waals surface area contributed by atoms with Crippen molar-refractivity contribution in [3.63, 3.8) is 0 Å². The molecule has 0 aliphatic carbocycles. The number of aromatic nitrogens is 1. The lowest BCUT2D eigenvalue weighted by atomic mass is 10.0. The van der Waals surface area contributed by atoms with Gasteiger partial charge in [-0.1, -0.05) is 42.0 Å². The van der Waals surface area contributed by atoms with Crippen LogP contribution in [0.1, 0.15) is 33.4 Å². The Labute approximate surface area is 205 Å². The Bertz CT molecular complexity index is 1090. The minimum absolute atomic E-state index is 0.107. The van der Waals surface area contributed by atoms with Gasteiger partial charge in [0, 0.05) is 31.1 Å². The highest BCUT2D eigenvalue weighted by Gasteiger charge is 2.22. The topological polar surface area (TPSA) is 63.7 Å². The van der Waals surface area contributed by atoms with Gasteiger partial charge in [0.1, 0.15) is 12.4 Å². The molecule has 4 rings (SSSR count). The molecule has 1 atom stereocenters. The first-order valence-electron chi connectivity index (χ1n) is 11.5. The maximum Gasteiger partial charge on any atom is 0.244 e. The lowest BCUT2D eigenvalue weighted by Gasteiger charge is -2.35. The Morgan fingerprint density at radius 3 is 2.56 bits per heavy atom. The van der Waals surface area contributed by atoms with E-state index in [2.05, 4.69) is 46.4 Å². The number of nitrogens with one attached hydrogen (secondary N) is 1. The van der Waals surface area contributed by atoms with Gasteiger partial charge in [-0.15, -0.1) is 11.3 Å². The first-order valence-corrected chi connectivity index (χ1v) is 12.4. The number of nitrogens with zero attached hydrogens (tertiary/aromatic N) is 2. The fourth-order valence-corrected chi connectivity index (χ4v) is 4.47. The number of benzene rings is 2. The SMILES string of the molecule is Cc1ccc(C(CNC(=O)/C=C/c2ccc(OCc3csc(C)n3)cc2)N2CCOCC2)cc1. The van der Waals surface area contributed by atoms with Crippen LogP contribution in [0.3, 0.4) is 0 Å². The molecule has 1 saturated heterocycles. The standard InChI is InChI=1S/C27H31N3O3S/c1-20-3-8-23(9-4-20)26(30-13-15-32-16-14-30)17-28-27(31)12-7-22-5-10-25(11-6-22)33-18-24-19-34-21(2)29-24/h3-12,19,26H,13-18H2,1-2H3,(H,28,31)/b12-7+. The van der Waals surface area contributed by atoms with Gasteiger partial charge in [-0.25, -0.2) is 4.98 Å². The molecule has 0 bridgehead atoms. The first-order chi connectivity index (χ1) is 16.6. The van der Waals surface area contributed by atoms with Crippen LogP contribution in [-0.2, 0) is 16.1 Å². The zero-order valence-corrected chi connectivity index (χ0v) is 20.5. The quantitative estimate of drug-likeness (QED) is 0.459. The van der Waals surface area contributed by atoms with Gasteiger partial charge >= 0.3 is 0 Å². The second-order valence-electron chi connectivity index (χ2n) is 8.37. The molecular formula is C27H31N3O3S. The molecule has 1 aliphatic heterocycles. The van der Waals surface area contributed by atoms with Crippen LogP contribution < -0.4 is 10.1 Å². The van der Waals surface area contributed by atoms with Gasteiger partial charge in [-0.05, 0) is 43.2 Å². The fourth-order valence-electron chi connectivity index (χ4n) is 3.87. The van der Waals surface area contributed by atoms with Crippen molar-refractivity contribution in [2.45, 2.75) is 26.5 Å². The Morgan fingerprint density at radius 1 is 1.15 bits per heavy atom. The molecule has 1 aromatic heterocycles. The molecular weight excluding hydrogens is 446 g/mol. The third kappa shape index (κ3) is 7.00. The average Bonchev–Trinajstić information content (AvgIpc) is 3.29. The van der Waals surface area contributed by atoms with Gasteiger partial charge in [0.2, 0.25) is 5.91 Å². The average molecular weight is 478 g/mol. The Morgan fingerprint density at radius 2 is 1.88 bits per heavy atom. The van der Waals surface area contributed by atoms with E-state index < -0.39 is 0 Å². The second kappa shape index (κ2) is 11.9. The van der Waals surface area contributed by atoms with Crippen molar-refractivity contribution in [1.82, 2.24) is 15.2 Å². The number of amides is 1. The van der Waals surface area contributed by atoms with E-state index in [9.17, 15) is 4.79 Å². The molecule has 1 amide bonds. The van der Waals surface area contributed by atoms with Crippen molar-refractivity contribution in [2.75, 3.05) is 32.8 Å². The zero-order chi connectivity index (χ0) is 23.8. The van der Waals surface area contributed by atoms with Crippen molar-refractivity contribution >= 4 is 23.3 Å². The molecule has 6 nitrogen and oxygen atoms in total. The molecule has 3 aromatic rings. The minimum Gasteiger partial charge on any atom is -0.487 e. The molecule has 1 unspecified atom stereocenters. The van der Waals surface area contributed by atoms with Crippen molar-refractivity contribution in [1.29, 1.82) is 0 Å². The van der Waals surface area contributed by atoms with E-state index in [-0.39, 0.29) is 11.9 Å². The van der Waals surface area contributed by atoms with Crippen LogP contribution in [0.5, 0.6) is 5.75 Å². The van der Waals surface area contributed by atoms with Crippen molar-refractivity contribution < 1.29 is 14.3 Å². The van der Waals surface area contributed by atoms with E-state index >= 15 is 0 Å². The van der Waals surface area contributed by atoms with Crippen LogP contribution in [0.15, 0.2) is 60.0 Å². The van der Waals surface area contributed by atoms with E-state index in [0.29, 0.717) is 13.2 Å². The number of ether oxygens (including phenoxy) is 2. The summed E-state index contributed by atoms with van der Waals surface area (Å²) >= 11 is 1.62. The largest absolute Gasteiger partial charge is 0.487 e. The minimum atomic E-state index is -0.107. The number of carbonyl (C=O) groups is 1. The van der Waals surface area contributed by atoms with Gasteiger partial charge in [-0.3, -0.25) is 9.69 Å². The van der Waals surface area contributed by atoms with Crippen molar-refractivity contribution in [2.24, 2.45) is 0 Å². The summed E-state index contributed by atoms with van der Waals surface area (Å²) < 4.78 is 11.3. The predicted molar refractivity (Wildman–Crippen MR) is 136 cm³/mol. The number of morpholine rings is 1. The van der Waals surface area contributed by atoms with Gasteiger partial charge in [0.05, 0.1) is 30.0 Å². The molecule has 0 spiro atoms. The summed E-state index contributed by atoms with van der Waals surface area (Å²) in [7, 11) is 0. The number of rotatable bonds is 9. The number of hydrogen-bond acceptors (Lipinski definition) is 6. The Hall–Kier alpha value is -3.00. The van der Waals surface area contributed by atoms with Gasteiger partial charge in [0.15, 0.2) is 0 Å². The molecule has 0 saturated carbocycles. The van der Waals surface area contributed by atoms with Gasteiger partial charge in [0.25, 0.3) is 0 Å². The highest BCUT2D eigenvalue weighted by atomic mass is 32.1. The highest BCUT2D eigenvalue weighted by Crippen LogP contribution is 2.22. The van der Waals surface area contributed by atoms with Crippen LogP contribution in [0, 0.1) is 13.8 Å². The summed E-state index contributed by atoms with van der Waals surface area (Å²) in [5, 5.41) is 6.12. The molecule has 34 heavy (non-hydrogen) atoms. The molecule has 1 fully saturated rings. The Kier molecular flexibility index (Phi) is 8.46. The summed E-state index contributed by atoms with van der Waals surface area (Å²) in [6.07, 6.45) is 3.40. The number of hydrogen-bond donors (Lipinski definition) is 1. The van der Waals surface area contributed by atoms with E-state index in [1.807, 2.05) is 42.6 Å². The number of thiazole rings is 1. The zero-order valence-electron chi connectivity index (χ0n) is 19.7. The lowest BCUT2D eigenvalue weighted by Crippen LogP contribution is -2.43. The second-order valence-corrected chi connectivity index (χ2v) is 9.43. The van der Waals surface area contributed by atoms with Crippen molar-refractivity contribution in [3.05, 3.63) is 87.4 Å². The summed E-state index contributed by atoms with van der Waals surface area (Å²) in [6, 6.07) is 16.4. The molecule has 7 heteroatoms. The first kappa shape index (κ1) is 24.1. The predicted octanol–water partition coefficient (Wildman–Crippen LogP) is 4.54. The molecule has 2 heterocycles. The fraction of sp³-hybridized carbons (Fsp3) is 0.333. The van der Waals surface area contributed by atoms with Crippen LogP contribution in [0.25, 0.3) is 6.08 Å². The van der Waals surface area contributed by atoms with Crippen LogP contribution in [-0.4, -0.2) is 48.6 Å². The van der Waals surface area contributed by atoms with Gasteiger partial charge < -0.3 is 14.8 Å². The van der Waals surface area contributed by atoms with E-state index in [0.717, 1.165) is 48.3 Å². The molecule has 178 valence electrons. The highest BCUT2D eigenvalue weighted by molar-refractivity contribution is 7.09. The monoisotopic (exact) mass is 477 g/mol. The summed E-state index contributed by atoms with van der Waals surface area (Å²) in [4.78, 5) is 19.3. The smallest absolute Gasteiger partial charge is 0.244 e. The van der Waals surface area contributed by atoms with Crippen LogP contribution in [0.2, 0.25) is 0 Å². The van der Waals surface area contributed by atoms with Crippen molar-refractivity contribution in [3.8, 4) is 5.75 Å². The third-order valence-electron chi connectivity index (χ3n) is 5.78. The van der Waals surface area contributed by atoms with E-state index in [1.54, 1.807) is 17.4 Å². The lowest BCUT2D eigenvalue weighted by molar-refractivity contribution is -0.116. The molecule has 1 aliphatic rings. The van der Waals surface area contributed by atoms with Crippen LogP contribution in [0.4, 0.5) is 0 Å². The number of aryl methyl sites for hydroxylation is 2. The Balaban J connectivity index is 1.30. The summed E-state index contributed by atoms with van der Waals surface area (Å²) in [5.74, 6) is 0.670. The summed E-state index contributed by atoms with van der Waals surface area (Å²) in [5.41, 5.74) is 4.31. The number of carbonyl (C=O) groups excluding carboxylic acids is 1. The molecule has 1 N–H and O–H groups in total. The van der Waals surface area contributed by atoms with Crippen LogP contribution >= 0.6 is 11.3 Å². The van der Waals surface area contributed by atoms with E-state index in [1.165, 1.54) is 11.1 Å². The third-order valence-corrected chi connectivity index (χ3v) is 6.60. The van der Waals surface area contributed by atoms with Gasteiger partial charge in [-0.2, -0.15) is 0 Å². The molecule has 2 aromatic carbocycles. The van der Waals surface area contributed by atoms with E-state index in [4.69, 9.17) is 9.47 Å². The normalized spacial score (nSPS) is 15.4. The summed E-state index contributed by atoms with van der Waals surface area (Å²) in [6.45, 7) is 8.24.